The summed E-state index contributed by atoms with van der Waals surface area (Å²) in [5.41, 5.74) is 5.29. The molecule has 2 aliphatic heterocycles. The average Bonchev–Trinajstić information content (AvgIpc) is 3.13. The number of hydrogen-bond donors (Lipinski definition) is 2. The monoisotopic (exact) mass is 421 g/mol. The number of hydrogen-bond acceptors (Lipinski definition) is 6. The number of nitrogens with zero attached hydrogens (tertiary/aromatic N) is 2. The van der Waals surface area contributed by atoms with Crippen molar-refractivity contribution in [3.8, 4) is 5.75 Å². The summed E-state index contributed by atoms with van der Waals surface area (Å²) in [5.74, 6) is -0.921. The van der Waals surface area contributed by atoms with Crippen molar-refractivity contribution in [1.29, 1.82) is 0 Å². The van der Waals surface area contributed by atoms with E-state index in [2.05, 4.69) is 4.74 Å². The van der Waals surface area contributed by atoms with Crippen molar-refractivity contribution in [2.24, 2.45) is 11.7 Å². The first-order chi connectivity index (χ1) is 14.3. The second-order valence-corrected chi connectivity index (χ2v) is 8.22. The van der Waals surface area contributed by atoms with Crippen molar-refractivity contribution in [3.63, 3.8) is 0 Å². The molecule has 3 N–H and O–H groups in total. The summed E-state index contributed by atoms with van der Waals surface area (Å²) in [6, 6.07) is 2.03. The second-order valence-electron chi connectivity index (χ2n) is 8.22. The van der Waals surface area contributed by atoms with Gasteiger partial charge in [0, 0.05) is 38.6 Å². The number of carbonyl (C=O) groups is 1. The number of pyridine rings is 1. The zero-order valence-electron chi connectivity index (χ0n) is 16.0. The summed E-state index contributed by atoms with van der Waals surface area (Å²) in [5, 5.41) is 8.82. The summed E-state index contributed by atoms with van der Waals surface area (Å²) in [6.45, 7) is 1.95. The van der Waals surface area contributed by atoms with Crippen molar-refractivity contribution in [1.82, 2.24) is 4.57 Å². The Balaban J connectivity index is 1.63. The van der Waals surface area contributed by atoms with Gasteiger partial charge >= 0.3 is 6.16 Å². The molecule has 0 bridgehead atoms. The van der Waals surface area contributed by atoms with Gasteiger partial charge in [0.15, 0.2) is 5.75 Å². The topological polar surface area (TPSA) is 107 Å². The van der Waals surface area contributed by atoms with Gasteiger partial charge in [-0.05, 0) is 18.6 Å². The molecule has 1 aromatic carbocycles. The van der Waals surface area contributed by atoms with E-state index in [1.807, 2.05) is 4.90 Å². The van der Waals surface area contributed by atoms with Gasteiger partial charge in [-0.2, -0.15) is 0 Å². The van der Waals surface area contributed by atoms with Crippen molar-refractivity contribution in [2.45, 2.75) is 30.7 Å². The van der Waals surface area contributed by atoms with Gasteiger partial charge in [0.05, 0.1) is 28.8 Å². The summed E-state index contributed by atoms with van der Waals surface area (Å²) in [6.07, 6.45) is -0.531. The summed E-state index contributed by atoms with van der Waals surface area (Å²) >= 11 is 0. The molecule has 1 aromatic heterocycles. The number of ether oxygens (including phenoxy) is 2. The van der Waals surface area contributed by atoms with Crippen LogP contribution in [0.15, 0.2) is 23.1 Å². The second kappa shape index (κ2) is 6.64. The Labute approximate surface area is 169 Å². The predicted octanol–water partition coefficient (Wildman–Crippen LogP) is 2.03. The Bertz CT molecular complexity index is 1110. The third-order valence-electron chi connectivity index (χ3n) is 6.49. The van der Waals surface area contributed by atoms with Crippen molar-refractivity contribution in [2.75, 3.05) is 31.1 Å². The molecule has 2 saturated heterocycles. The normalized spacial score (nSPS) is 30.0. The smallest absolute Gasteiger partial charge is 0.449 e. The highest BCUT2D eigenvalue weighted by Crippen LogP contribution is 2.44. The van der Waals surface area contributed by atoms with E-state index in [9.17, 15) is 14.0 Å². The SMILES string of the molecule is NCC12CN(c3cc4c(cc3F)c(=O)c(OC(=O)O)cn4[C@@H]3C[C@@H]3F)CC1CCO2. The Hall–Kier alpha value is -2.72. The number of aromatic nitrogens is 1. The maximum absolute atomic E-state index is 15.1. The predicted molar refractivity (Wildman–Crippen MR) is 103 cm³/mol. The van der Waals surface area contributed by atoms with E-state index in [0.29, 0.717) is 31.8 Å². The minimum Gasteiger partial charge on any atom is -0.449 e. The largest absolute Gasteiger partial charge is 0.511 e. The Kier molecular flexibility index (Phi) is 4.26. The highest BCUT2D eigenvalue weighted by molar-refractivity contribution is 5.85. The lowest BCUT2D eigenvalue weighted by molar-refractivity contribution is 0.0126. The lowest BCUT2D eigenvalue weighted by atomic mass is 9.91. The Morgan fingerprint density at radius 3 is 2.83 bits per heavy atom. The number of carboxylic acid groups (broad SMARTS) is 1. The van der Waals surface area contributed by atoms with Gasteiger partial charge in [-0.15, -0.1) is 0 Å². The number of nitrogens with two attached hydrogens (primary N) is 1. The van der Waals surface area contributed by atoms with E-state index in [4.69, 9.17) is 15.6 Å². The first-order valence-corrected chi connectivity index (χ1v) is 9.85. The van der Waals surface area contributed by atoms with E-state index in [0.717, 1.165) is 12.5 Å². The molecule has 160 valence electrons. The molecule has 2 aromatic rings. The van der Waals surface area contributed by atoms with Crippen LogP contribution in [-0.2, 0) is 4.74 Å². The van der Waals surface area contributed by atoms with Crippen LogP contribution >= 0.6 is 0 Å². The van der Waals surface area contributed by atoms with Gasteiger partial charge in [0.1, 0.15) is 17.6 Å². The molecule has 3 aliphatic rings. The fourth-order valence-corrected chi connectivity index (χ4v) is 4.80. The Morgan fingerprint density at radius 1 is 1.43 bits per heavy atom. The number of alkyl halides is 1. The molecular weight excluding hydrogens is 400 g/mol. The van der Waals surface area contributed by atoms with E-state index >= 15 is 4.39 Å². The number of halogens is 2. The quantitative estimate of drug-likeness (QED) is 0.728. The van der Waals surface area contributed by atoms with E-state index < -0.39 is 41.0 Å². The van der Waals surface area contributed by atoms with Crippen LogP contribution in [0.3, 0.4) is 0 Å². The lowest BCUT2D eigenvalue weighted by Crippen LogP contribution is -2.44. The minimum absolute atomic E-state index is 0.0571. The van der Waals surface area contributed by atoms with Crippen LogP contribution in [-0.4, -0.2) is 53.8 Å². The fraction of sp³-hybridized carbons (Fsp3) is 0.500. The molecule has 0 amide bonds. The number of fused-ring (bicyclic) bond motifs is 2. The van der Waals surface area contributed by atoms with Crippen molar-refractivity contribution in [3.05, 3.63) is 34.4 Å². The average molecular weight is 421 g/mol. The van der Waals surface area contributed by atoms with Gasteiger partial charge in [-0.25, -0.2) is 13.6 Å². The van der Waals surface area contributed by atoms with Gasteiger partial charge < -0.3 is 29.8 Å². The standard InChI is InChI=1S/C20H21F2N3O5/c21-12-3-11-14(5-15(12)24-6-10-1-2-29-20(10,8-23)9-24)25(16-4-13(16)22)7-17(18(11)26)30-19(27)28/h3,5,7,10,13,16H,1-2,4,6,8-9,23H2,(H,27,28)/t10?,13-,16+,20?/m0/s1. The van der Waals surface area contributed by atoms with Crippen LogP contribution in [0.1, 0.15) is 18.9 Å². The van der Waals surface area contributed by atoms with Crippen LogP contribution < -0.4 is 20.8 Å². The van der Waals surface area contributed by atoms with Crippen molar-refractivity contribution >= 4 is 22.7 Å². The van der Waals surface area contributed by atoms with Gasteiger partial charge in [-0.1, -0.05) is 0 Å². The fourth-order valence-electron chi connectivity index (χ4n) is 4.80. The Morgan fingerprint density at radius 2 is 2.20 bits per heavy atom. The molecule has 3 fully saturated rings. The number of anilines is 1. The van der Waals surface area contributed by atoms with Crippen molar-refractivity contribution < 1.29 is 28.2 Å². The van der Waals surface area contributed by atoms with Crippen LogP contribution in [0.2, 0.25) is 0 Å². The molecule has 30 heavy (non-hydrogen) atoms. The highest BCUT2D eigenvalue weighted by atomic mass is 19.1. The molecule has 0 radical (unpaired) electrons. The minimum atomic E-state index is -1.67. The van der Waals surface area contributed by atoms with Gasteiger partial charge in [0.2, 0.25) is 5.43 Å². The lowest BCUT2D eigenvalue weighted by Gasteiger charge is -2.27. The maximum Gasteiger partial charge on any atom is 0.511 e. The third kappa shape index (κ3) is 2.85. The first kappa shape index (κ1) is 19.3. The van der Waals surface area contributed by atoms with Crippen LogP contribution in [0.25, 0.3) is 10.9 Å². The molecule has 0 spiro atoms. The van der Waals surface area contributed by atoms with Crippen LogP contribution in [0.5, 0.6) is 5.75 Å². The maximum atomic E-state index is 15.1. The van der Waals surface area contributed by atoms with Crippen LogP contribution in [0, 0.1) is 11.7 Å². The van der Waals surface area contributed by atoms with Crippen LogP contribution in [0.4, 0.5) is 19.3 Å². The molecule has 5 rings (SSSR count). The zero-order chi connectivity index (χ0) is 21.2. The molecular formula is C20H21F2N3O5. The number of rotatable bonds is 4. The van der Waals surface area contributed by atoms with E-state index in [1.165, 1.54) is 16.8 Å². The summed E-state index contributed by atoms with van der Waals surface area (Å²) in [7, 11) is 0. The summed E-state index contributed by atoms with van der Waals surface area (Å²) < 4.78 is 40.8. The van der Waals surface area contributed by atoms with Gasteiger partial charge in [0.25, 0.3) is 0 Å². The number of benzene rings is 1. The first-order valence-electron chi connectivity index (χ1n) is 9.85. The molecule has 8 nitrogen and oxygen atoms in total. The zero-order valence-corrected chi connectivity index (χ0v) is 16.0. The molecule has 2 unspecified atom stereocenters. The molecule has 3 heterocycles. The van der Waals surface area contributed by atoms with Gasteiger partial charge in [-0.3, -0.25) is 4.79 Å². The third-order valence-corrected chi connectivity index (χ3v) is 6.49. The molecule has 10 heteroatoms. The van der Waals surface area contributed by atoms with E-state index in [-0.39, 0.29) is 23.4 Å². The van der Waals surface area contributed by atoms with E-state index in [1.54, 1.807) is 0 Å². The molecule has 1 aliphatic carbocycles. The summed E-state index contributed by atoms with van der Waals surface area (Å²) in [4.78, 5) is 25.4. The molecule has 1 saturated carbocycles. The highest BCUT2D eigenvalue weighted by Gasteiger charge is 2.50. The molecule has 4 atom stereocenters.